The summed E-state index contributed by atoms with van der Waals surface area (Å²) < 4.78 is 1.90. The van der Waals surface area contributed by atoms with Crippen LogP contribution in [0.25, 0.3) is 22.2 Å². The molecule has 0 bridgehead atoms. The first kappa shape index (κ1) is 19.5. The van der Waals surface area contributed by atoms with Gasteiger partial charge in [0.05, 0.1) is 28.5 Å². The Morgan fingerprint density at radius 1 is 1.16 bits per heavy atom. The zero-order valence-corrected chi connectivity index (χ0v) is 17.9. The summed E-state index contributed by atoms with van der Waals surface area (Å²) >= 11 is 0. The SMILES string of the molecule is CCn1cc(-c2cc(C(=O)N[C@H]3CCCc4ccccc43)c3ccccc3n2)c(C)n1. The van der Waals surface area contributed by atoms with Gasteiger partial charge in [0, 0.05) is 23.7 Å². The van der Waals surface area contributed by atoms with Crippen LogP contribution in [0.2, 0.25) is 0 Å². The van der Waals surface area contributed by atoms with Gasteiger partial charge in [0.1, 0.15) is 0 Å². The molecule has 0 aliphatic heterocycles. The highest BCUT2D eigenvalue weighted by Crippen LogP contribution is 2.31. The molecule has 1 aliphatic rings. The third-order valence-electron chi connectivity index (χ3n) is 6.18. The van der Waals surface area contributed by atoms with Gasteiger partial charge in [-0.1, -0.05) is 42.5 Å². The zero-order chi connectivity index (χ0) is 21.4. The predicted octanol–water partition coefficient (Wildman–Crippen LogP) is 5.23. The number of nitrogens with one attached hydrogen (secondary N) is 1. The fourth-order valence-electron chi connectivity index (χ4n) is 4.57. The largest absolute Gasteiger partial charge is 0.345 e. The Kier molecular flexibility index (Phi) is 5.02. The summed E-state index contributed by atoms with van der Waals surface area (Å²) in [6.07, 6.45) is 5.12. The van der Waals surface area contributed by atoms with Gasteiger partial charge in [0.15, 0.2) is 0 Å². The number of rotatable bonds is 4. The number of amides is 1. The van der Waals surface area contributed by atoms with Gasteiger partial charge in [0.25, 0.3) is 5.91 Å². The Labute approximate surface area is 182 Å². The zero-order valence-electron chi connectivity index (χ0n) is 17.9. The van der Waals surface area contributed by atoms with Crippen LogP contribution in [0.1, 0.15) is 53.0 Å². The molecule has 4 aromatic rings. The molecule has 2 aromatic heterocycles. The molecule has 1 aliphatic carbocycles. The van der Waals surface area contributed by atoms with E-state index >= 15 is 0 Å². The number of para-hydroxylation sites is 1. The Hall–Kier alpha value is -3.47. The van der Waals surface area contributed by atoms with Crippen LogP contribution in [0.15, 0.2) is 60.8 Å². The van der Waals surface area contributed by atoms with E-state index in [1.807, 2.05) is 48.1 Å². The molecule has 0 unspecified atom stereocenters. The molecule has 5 heteroatoms. The van der Waals surface area contributed by atoms with E-state index in [2.05, 4.69) is 41.6 Å². The van der Waals surface area contributed by atoms with Crippen LogP contribution in [-0.4, -0.2) is 20.7 Å². The molecule has 5 nitrogen and oxygen atoms in total. The molecule has 0 fully saturated rings. The van der Waals surface area contributed by atoms with Crippen LogP contribution in [0.4, 0.5) is 0 Å². The predicted molar refractivity (Wildman–Crippen MR) is 123 cm³/mol. The highest BCUT2D eigenvalue weighted by atomic mass is 16.1. The van der Waals surface area contributed by atoms with Crippen LogP contribution in [0, 0.1) is 6.92 Å². The van der Waals surface area contributed by atoms with Crippen molar-refractivity contribution in [3.05, 3.63) is 83.2 Å². The first-order chi connectivity index (χ1) is 15.1. The number of benzene rings is 2. The molecule has 2 aromatic carbocycles. The van der Waals surface area contributed by atoms with Gasteiger partial charge in [-0.05, 0) is 56.4 Å². The van der Waals surface area contributed by atoms with Gasteiger partial charge in [-0.15, -0.1) is 0 Å². The van der Waals surface area contributed by atoms with Gasteiger partial charge >= 0.3 is 0 Å². The van der Waals surface area contributed by atoms with Crippen molar-refractivity contribution in [3.8, 4) is 11.3 Å². The van der Waals surface area contributed by atoms with Crippen molar-refractivity contribution < 1.29 is 4.79 Å². The highest BCUT2D eigenvalue weighted by Gasteiger charge is 2.23. The summed E-state index contributed by atoms with van der Waals surface area (Å²) in [4.78, 5) is 18.4. The molecule has 2 heterocycles. The number of carbonyl (C=O) groups excluding carboxylic acids is 1. The van der Waals surface area contributed by atoms with Crippen LogP contribution in [0.5, 0.6) is 0 Å². The van der Waals surface area contributed by atoms with Gasteiger partial charge in [0.2, 0.25) is 0 Å². The number of pyridine rings is 1. The smallest absolute Gasteiger partial charge is 0.252 e. The monoisotopic (exact) mass is 410 g/mol. The molecule has 0 spiro atoms. The lowest BCUT2D eigenvalue weighted by atomic mass is 9.87. The van der Waals surface area contributed by atoms with E-state index in [4.69, 9.17) is 4.98 Å². The number of nitrogens with zero attached hydrogens (tertiary/aromatic N) is 3. The molecule has 156 valence electrons. The van der Waals surface area contributed by atoms with Crippen molar-refractivity contribution in [2.45, 2.75) is 45.7 Å². The van der Waals surface area contributed by atoms with Gasteiger partial charge in [-0.25, -0.2) is 4.98 Å². The molecule has 0 radical (unpaired) electrons. The molecular weight excluding hydrogens is 384 g/mol. The minimum Gasteiger partial charge on any atom is -0.345 e. The molecule has 0 saturated heterocycles. The summed E-state index contributed by atoms with van der Waals surface area (Å²) in [6, 6.07) is 18.2. The number of carbonyl (C=O) groups is 1. The summed E-state index contributed by atoms with van der Waals surface area (Å²) in [5, 5.41) is 8.73. The van der Waals surface area contributed by atoms with Crippen LogP contribution >= 0.6 is 0 Å². The van der Waals surface area contributed by atoms with Crippen molar-refractivity contribution in [2.75, 3.05) is 0 Å². The quantitative estimate of drug-likeness (QED) is 0.501. The Morgan fingerprint density at radius 3 is 2.81 bits per heavy atom. The van der Waals surface area contributed by atoms with E-state index in [0.29, 0.717) is 5.56 Å². The van der Waals surface area contributed by atoms with Crippen molar-refractivity contribution in [1.82, 2.24) is 20.1 Å². The summed E-state index contributed by atoms with van der Waals surface area (Å²) in [7, 11) is 0. The van der Waals surface area contributed by atoms with Crippen LogP contribution < -0.4 is 5.32 Å². The van der Waals surface area contributed by atoms with E-state index in [9.17, 15) is 4.79 Å². The Bertz CT molecular complexity index is 1270. The van der Waals surface area contributed by atoms with Gasteiger partial charge < -0.3 is 5.32 Å². The van der Waals surface area contributed by atoms with E-state index in [0.717, 1.165) is 53.7 Å². The number of aryl methyl sites for hydroxylation is 3. The minimum absolute atomic E-state index is 0.0393. The molecule has 0 saturated carbocycles. The van der Waals surface area contributed by atoms with E-state index in [1.54, 1.807) is 0 Å². The molecule has 5 rings (SSSR count). The third kappa shape index (κ3) is 3.61. The fraction of sp³-hybridized carbons (Fsp3) is 0.269. The maximum Gasteiger partial charge on any atom is 0.252 e. The first-order valence-corrected chi connectivity index (χ1v) is 11.0. The maximum absolute atomic E-state index is 13.5. The average Bonchev–Trinajstić information content (AvgIpc) is 3.19. The third-order valence-corrected chi connectivity index (χ3v) is 6.18. The second-order valence-electron chi connectivity index (χ2n) is 8.17. The lowest BCUT2D eigenvalue weighted by Crippen LogP contribution is -2.31. The van der Waals surface area contributed by atoms with E-state index in [-0.39, 0.29) is 11.9 Å². The molecular formula is C26H26N4O. The number of hydrogen-bond donors (Lipinski definition) is 1. The summed E-state index contributed by atoms with van der Waals surface area (Å²) in [6.45, 7) is 4.84. The number of hydrogen-bond acceptors (Lipinski definition) is 3. The van der Waals surface area contributed by atoms with E-state index in [1.165, 1.54) is 11.1 Å². The lowest BCUT2D eigenvalue weighted by Gasteiger charge is -2.26. The lowest BCUT2D eigenvalue weighted by molar-refractivity contribution is 0.0934. The first-order valence-electron chi connectivity index (χ1n) is 11.0. The average molecular weight is 411 g/mol. The number of fused-ring (bicyclic) bond motifs is 2. The standard InChI is InChI=1S/C26H26N4O/c1-3-30-16-22(17(2)29-30)25-15-21(20-12-6-7-13-24(20)27-25)26(31)28-23-14-8-10-18-9-4-5-11-19(18)23/h4-7,9,11-13,15-16,23H,3,8,10,14H2,1-2H3,(H,28,31)/t23-/m0/s1. The van der Waals surface area contributed by atoms with Crippen molar-refractivity contribution in [3.63, 3.8) is 0 Å². The molecule has 1 amide bonds. The molecule has 1 N–H and O–H groups in total. The topological polar surface area (TPSA) is 59.8 Å². The second kappa shape index (κ2) is 7.99. The second-order valence-corrected chi connectivity index (χ2v) is 8.17. The Balaban J connectivity index is 1.56. The Morgan fingerprint density at radius 2 is 1.97 bits per heavy atom. The highest BCUT2D eigenvalue weighted by molar-refractivity contribution is 6.07. The molecule has 1 atom stereocenters. The van der Waals surface area contributed by atoms with Gasteiger partial charge in [-0.2, -0.15) is 5.10 Å². The van der Waals surface area contributed by atoms with Crippen molar-refractivity contribution >= 4 is 16.8 Å². The number of aromatic nitrogens is 3. The maximum atomic E-state index is 13.5. The van der Waals surface area contributed by atoms with Crippen LogP contribution in [-0.2, 0) is 13.0 Å². The summed E-state index contributed by atoms with van der Waals surface area (Å²) in [5.41, 5.74) is 6.71. The summed E-state index contributed by atoms with van der Waals surface area (Å²) in [5.74, 6) is -0.0536. The van der Waals surface area contributed by atoms with Crippen LogP contribution in [0.3, 0.4) is 0 Å². The normalized spacial score (nSPS) is 15.6. The minimum atomic E-state index is -0.0536. The van der Waals surface area contributed by atoms with Crippen molar-refractivity contribution in [1.29, 1.82) is 0 Å². The van der Waals surface area contributed by atoms with Gasteiger partial charge in [-0.3, -0.25) is 9.48 Å². The van der Waals surface area contributed by atoms with E-state index < -0.39 is 0 Å². The van der Waals surface area contributed by atoms with Crippen molar-refractivity contribution in [2.24, 2.45) is 0 Å². The molecule has 31 heavy (non-hydrogen) atoms. The fourth-order valence-corrected chi connectivity index (χ4v) is 4.57.